The molecule has 2 amide bonds. The molecule has 0 aliphatic carbocycles. The van der Waals surface area contributed by atoms with Gasteiger partial charge in [-0.15, -0.1) is 0 Å². The molecule has 0 aliphatic rings. The third-order valence-electron chi connectivity index (χ3n) is 4.30. The largest absolute Gasteiger partial charge is 0.492 e. The molecule has 0 unspecified atom stereocenters. The summed E-state index contributed by atoms with van der Waals surface area (Å²) in [5, 5.41) is 5.76. The molecule has 0 saturated carbocycles. The summed E-state index contributed by atoms with van der Waals surface area (Å²) in [6, 6.07) is 12.0. The van der Waals surface area contributed by atoms with Crippen LogP contribution in [0.25, 0.3) is 0 Å². The molecule has 0 atom stereocenters. The summed E-state index contributed by atoms with van der Waals surface area (Å²) in [5.41, 5.74) is 4.36. The van der Waals surface area contributed by atoms with Crippen LogP contribution in [0.3, 0.4) is 0 Å². The summed E-state index contributed by atoms with van der Waals surface area (Å²) in [6.45, 7) is 11.6. The zero-order chi connectivity index (χ0) is 20.0. The Hall–Kier alpha value is -2.01. The van der Waals surface area contributed by atoms with Crippen molar-refractivity contribution in [1.82, 2.24) is 5.32 Å². The maximum absolute atomic E-state index is 12.0. The molecular weight excluding hydrogens is 404 g/mol. The number of anilines is 1. The number of hydrogen-bond donors (Lipinski definition) is 2. The Morgan fingerprint density at radius 1 is 1.11 bits per heavy atom. The minimum absolute atomic E-state index is 0.105. The number of ether oxygens (including phenoxy) is 1. The van der Waals surface area contributed by atoms with Crippen molar-refractivity contribution in [3.8, 4) is 5.75 Å². The van der Waals surface area contributed by atoms with E-state index in [-0.39, 0.29) is 11.4 Å². The molecule has 0 aromatic heterocycles. The minimum Gasteiger partial charge on any atom is -0.492 e. The fourth-order valence-electron chi connectivity index (χ4n) is 2.58. The van der Waals surface area contributed by atoms with Crippen molar-refractivity contribution >= 4 is 27.6 Å². The maximum Gasteiger partial charge on any atom is 0.319 e. The molecular formula is C22H29BrN2O2. The molecule has 5 heteroatoms. The van der Waals surface area contributed by atoms with Crippen LogP contribution in [0.15, 0.2) is 40.9 Å². The number of nitrogens with one attached hydrogen (secondary N) is 2. The quantitative estimate of drug-likeness (QED) is 0.553. The van der Waals surface area contributed by atoms with E-state index >= 15 is 0 Å². The molecule has 2 N–H and O–H groups in total. The first-order valence-electron chi connectivity index (χ1n) is 9.22. The average Bonchev–Trinajstić information content (AvgIpc) is 2.58. The molecule has 2 aromatic carbocycles. The number of rotatable bonds is 6. The lowest BCUT2D eigenvalue weighted by Gasteiger charge is -2.20. The lowest BCUT2D eigenvalue weighted by Crippen LogP contribution is -2.30. The predicted molar refractivity (Wildman–Crippen MR) is 116 cm³/mol. The van der Waals surface area contributed by atoms with Gasteiger partial charge in [-0.25, -0.2) is 4.79 Å². The fourth-order valence-corrected chi connectivity index (χ4v) is 3.07. The first kappa shape index (κ1) is 21.3. The summed E-state index contributed by atoms with van der Waals surface area (Å²) < 4.78 is 6.78. The number of carbonyl (C=O) groups is 1. The van der Waals surface area contributed by atoms with Gasteiger partial charge in [0.15, 0.2) is 0 Å². The van der Waals surface area contributed by atoms with Crippen LogP contribution in [0.1, 0.15) is 43.9 Å². The van der Waals surface area contributed by atoms with E-state index in [9.17, 15) is 4.79 Å². The zero-order valence-electron chi connectivity index (χ0n) is 16.8. The average molecular weight is 433 g/mol. The van der Waals surface area contributed by atoms with Crippen LogP contribution in [0.2, 0.25) is 0 Å². The van der Waals surface area contributed by atoms with Crippen molar-refractivity contribution in [2.75, 3.05) is 18.5 Å². The second kappa shape index (κ2) is 9.27. The number of urea groups is 1. The highest BCUT2D eigenvalue weighted by atomic mass is 79.9. The van der Waals surface area contributed by atoms with Crippen LogP contribution in [-0.4, -0.2) is 19.2 Å². The van der Waals surface area contributed by atoms with Crippen LogP contribution < -0.4 is 15.4 Å². The van der Waals surface area contributed by atoms with E-state index in [1.165, 1.54) is 5.56 Å². The normalized spacial score (nSPS) is 11.2. The van der Waals surface area contributed by atoms with Gasteiger partial charge in [0.25, 0.3) is 0 Å². The van der Waals surface area contributed by atoms with Crippen molar-refractivity contribution in [3.05, 3.63) is 57.6 Å². The molecule has 0 aliphatic heterocycles. The lowest BCUT2D eigenvalue weighted by atomic mass is 9.87. The van der Waals surface area contributed by atoms with E-state index in [1.54, 1.807) is 0 Å². The standard InChI is InChI=1S/C22H29BrN2O2/c1-15-7-8-16(2)19(13-15)25-21(26)24-11-6-12-27-20-10-9-17(14-18(20)23)22(3,4)5/h7-10,13-14H,6,11-12H2,1-5H3,(H2,24,25,26). The van der Waals surface area contributed by atoms with Gasteiger partial charge in [-0.3, -0.25) is 0 Å². The molecule has 2 aromatic rings. The highest BCUT2D eigenvalue weighted by Crippen LogP contribution is 2.31. The SMILES string of the molecule is Cc1ccc(C)c(NC(=O)NCCCOc2ccc(C(C)(C)C)cc2Br)c1. The van der Waals surface area contributed by atoms with Gasteiger partial charge in [-0.2, -0.15) is 0 Å². The Bertz CT molecular complexity index is 797. The van der Waals surface area contributed by atoms with Crippen LogP contribution >= 0.6 is 15.9 Å². The minimum atomic E-state index is -0.195. The fraction of sp³-hybridized carbons (Fsp3) is 0.409. The Labute approximate surface area is 170 Å². The number of benzene rings is 2. The summed E-state index contributed by atoms with van der Waals surface area (Å²) in [5.74, 6) is 0.822. The Balaban J connectivity index is 1.74. The van der Waals surface area contributed by atoms with Crippen LogP contribution in [0, 0.1) is 13.8 Å². The van der Waals surface area contributed by atoms with Crippen LogP contribution in [0.5, 0.6) is 5.75 Å². The second-order valence-corrected chi connectivity index (χ2v) is 8.65. The molecule has 2 rings (SSSR count). The van der Waals surface area contributed by atoms with Gasteiger partial charge < -0.3 is 15.4 Å². The molecule has 0 saturated heterocycles. The smallest absolute Gasteiger partial charge is 0.319 e. The molecule has 27 heavy (non-hydrogen) atoms. The van der Waals surface area contributed by atoms with Crippen molar-refractivity contribution in [1.29, 1.82) is 0 Å². The van der Waals surface area contributed by atoms with E-state index in [1.807, 2.05) is 38.1 Å². The Morgan fingerprint density at radius 2 is 1.85 bits per heavy atom. The molecule has 0 heterocycles. The van der Waals surface area contributed by atoms with Crippen LogP contribution in [0.4, 0.5) is 10.5 Å². The highest BCUT2D eigenvalue weighted by molar-refractivity contribution is 9.10. The molecule has 146 valence electrons. The summed E-state index contributed by atoms with van der Waals surface area (Å²) in [6.07, 6.45) is 0.730. The first-order chi connectivity index (χ1) is 12.7. The van der Waals surface area contributed by atoms with Gasteiger partial charge in [0.1, 0.15) is 5.75 Å². The molecule has 0 spiro atoms. The Morgan fingerprint density at radius 3 is 2.52 bits per heavy atom. The zero-order valence-corrected chi connectivity index (χ0v) is 18.4. The highest BCUT2D eigenvalue weighted by Gasteiger charge is 2.15. The summed E-state index contributed by atoms with van der Waals surface area (Å²) in [4.78, 5) is 12.0. The van der Waals surface area contributed by atoms with Crippen molar-refractivity contribution in [2.45, 2.75) is 46.5 Å². The number of hydrogen-bond acceptors (Lipinski definition) is 2. The van der Waals surface area contributed by atoms with Gasteiger partial charge in [0.2, 0.25) is 0 Å². The van der Waals surface area contributed by atoms with Gasteiger partial charge in [0.05, 0.1) is 11.1 Å². The predicted octanol–water partition coefficient (Wildman–Crippen LogP) is 5.95. The molecule has 0 radical (unpaired) electrons. The summed E-state index contributed by atoms with van der Waals surface area (Å²) in [7, 11) is 0. The number of carbonyl (C=O) groups excluding carboxylic acids is 1. The van der Waals surface area contributed by atoms with E-state index in [0.717, 1.165) is 33.5 Å². The lowest BCUT2D eigenvalue weighted by molar-refractivity contribution is 0.250. The monoisotopic (exact) mass is 432 g/mol. The van der Waals surface area contributed by atoms with Gasteiger partial charge in [-0.05, 0) is 76.5 Å². The van der Waals surface area contributed by atoms with Gasteiger partial charge in [0, 0.05) is 12.2 Å². The molecule has 4 nitrogen and oxygen atoms in total. The van der Waals surface area contributed by atoms with Crippen molar-refractivity contribution in [3.63, 3.8) is 0 Å². The third-order valence-corrected chi connectivity index (χ3v) is 4.92. The van der Waals surface area contributed by atoms with Gasteiger partial charge >= 0.3 is 6.03 Å². The van der Waals surface area contributed by atoms with Crippen molar-refractivity contribution < 1.29 is 9.53 Å². The van der Waals surface area contributed by atoms with Crippen molar-refractivity contribution in [2.24, 2.45) is 0 Å². The first-order valence-corrected chi connectivity index (χ1v) is 10.0. The summed E-state index contributed by atoms with van der Waals surface area (Å²) >= 11 is 3.58. The number of aryl methyl sites for hydroxylation is 2. The molecule has 0 bridgehead atoms. The number of halogens is 1. The van der Waals surface area contributed by atoms with E-state index < -0.39 is 0 Å². The number of amides is 2. The topological polar surface area (TPSA) is 50.4 Å². The van der Waals surface area contributed by atoms with E-state index in [4.69, 9.17) is 4.74 Å². The second-order valence-electron chi connectivity index (χ2n) is 7.80. The van der Waals surface area contributed by atoms with Crippen LogP contribution in [-0.2, 0) is 5.41 Å². The van der Waals surface area contributed by atoms with E-state index in [2.05, 4.69) is 59.5 Å². The van der Waals surface area contributed by atoms with E-state index in [0.29, 0.717) is 13.2 Å². The maximum atomic E-state index is 12.0. The third kappa shape index (κ3) is 6.58. The van der Waals surface area contributed by atoms with Gasteiger partial charge in [-0.1, -0.05) is 39.0 Å². The Kier molecular flexibility index (Phi) is 7.31. The molecule has 0 fully saturated rings.